The Bertz CT molecular complexity index is 2140. The highest BCUT2D eigenvalue weighted by Crippen LogP contribution is 2.45. The molecular formula is C36H23NO. The van der Waals surface area contributed by atoms with Crippen molar-refractivity contribution in [1.29, 1.82) is 0 Å². The first-order chi connectivity index (χ1) is 18.8. The van der Waals surface area contributed by atoms with Gasteiger partial charge in [-0.1, -0.05) is 97.1 Å². The molecule has 0 aliphatic rings. The van der Waals surface area contributed by atoms with Crippen LogP contribution in [0.1, 0.15) is 0 Å². The topological polar surface area (TPSA) is 16.4 Å². The van der Waals surface area contributed by atoms with Crippen LogP contribution in [0.3, 0.4) is 0 Å². The predicted octanol–water partition coefficient (Wildman–Crippen LogP) is 10.5. The van der Waals surface area contributed by atoms with Crippen molar-refractivity contribution in [3.05, 3.63) is 140 Å². The standard InChI is InChI=1S/C36H23NO/c1-2-12-26(13-3-1)37(27-19-21-31-30-16-8-9-17-34(30)38-35(31)23-27)33-22-25-11-5-6-14-28(25)32-20-18-24-10-4-7-15-29(24)36(32)33/h1-23H. The first-order valence-electron chi connectivity index (χ1n) is 12.9. The number of nitrogens with zero attached hydrogens (tertiary/aromatic N) is 1. The highest BCUT2D eigenvalue weighted by Gasteiger charge is 2.20. The van der Waals surface area contributed by atoms with Crippen molar-refractivity contribution in [2.24, 2.45) is 0 Å². The molecule has 1 heterocycles. The van der Waals surface area contributed by atoms with Crippen LogP contribution in [-0.2, 0) is 0 Å². The fourth-order valence-electron chi connectivity index (χ4n) is 5.89. The number of rotatable bonds is 3. The summed E-state index contributed by atoms with van der Waals surface area (Å²) in [6.45, 7) is 0. The van der Waals surface area contributed by atoms with Crippen LogP contribution in [0.2, 0.25) is 0 Å². The number of hydrogen-bond donors (Lipinski definition) is 0. The zero-order chi connectivity index (χ0) is 25.1. The summed E-state index contributed by atoms with van der Waals surface area (Å²) >= 11 is 0. The van der Waals surface area contributed by atoms with E-state index in [1.165, 1.54) is 32.3 Å². The van der Waals surface area contributed by atoms with Crippen LogP contribution in [0.15, 0.2) is 144 Å². The van der Waals surface area contributed by atoms with Crippen LogP contribution >= 0.6 is 0 Å². The molecule has 8 rings (SSSR count). The summed E-state index contributed by atoms with van der Waals surface area (Å²) in [5.74, 6) is 0. The first-order valence-corrected chi connectivity index (χ1v) is 12.9. The highest BCUT2D eigenvalue weighted by atomic mass is 16.3. The van der Waals surface area contributed by atoms with E-state index in [0.717, 1.165) is 39.0 Å². The van der Waals surface area contributed by atoms with Crippen molar-refractivity contribution in [3.63, 3.8) is 0 Å². The van der Waals surface area contributed by atoms with Crippen molar-refractivity contribution in [3.8, 4) is 0 Å². The quantitative estimate of drug-likeness (QED) is 0.231. The molecule has 0 saturated heterocycles. The van der Waals surface area contributed by atoms with Crippen LogP contribution in [0.5, 0.6) is 0 Å². The van der Waals surface area contributed by atoms with Gasteiger partial charge in [0.1, 0.15) is 11.2 Å². The summed E-state index contributed by atoms with van der Waals surface area (Å²) in [6.07, 6.45) is 0. The van der Waals surface area contributed by atoms with Gasteiger partial charge in [-0.3, -0.25) is 0 Å². The molecule has 0 radical (unpaired) electrons. The van der Waals surface area contributed by atoms with E-state index in [-0.39, 0.29) is 0 Å². The number of benzene rings is 7. The maximum absolute atomic E-state index is 6.32. The van der Waals surface area contributed by atoms with Crippen molar-refractivity contribution in [2.45, 2.75) is 0 Å². The van der Waals surface area contributed by atoms with E-state index < -0.39 is 0 Å². The van der Waals surface area contributed by atoms with Gasteiger partial charge >= 0.3 is 0 Å². The molecule has 2 nitrogen and oxygen atoms in total. The zero-order valence-electron chi connectivity index (χ0n) is 20.6. The van der Waals surface area contributed by atoms with E-state index >= 15 is 0 Å². The Labute approximate surface area is 220 Å². The van der Waals surface area contributed by atoms with E-state index in [1.807, 2.05) is 12.1 Å². The normalized spacial score (nSPS) is 11.7. The summed E-state index contributed by atoms with van der Waals surface area (Å²) in [5.41, 5.74) is 5.12. The second-order valence-corrected chi connectivity index (χ2v) is 9.78. The van der Waals surface area contributed by atoms with E-state index in [0.29, 0.717) is 0 Å². The Morgan fingerprint density at radius 2 is 1.05 bits per heavy atom. The highest BCUT2D eigenvalue weighted by molar-refractivity contribution is 6.23. The number of anilines is 3. The van der Waals surface area contributed by atoms with E-state index in [1.54, 1.807) is 0 Å². The Kier molecular flexibility index (Phi) is 4.55. The Balaban J connectivity index is 1.50. The van der Waals surface area contributed by atoms with Gasteiger partial charge in [-0.05, 0) is 63.3 Å². The third-order valence-corrected chi connectivity index (χ3v) is 7.60. The molecule has 0 bridgehead atoms. The average molecular weight is 486 g/mol. The van der Waals surface area contributed by atoms with Gasteiger partial charge in [0.15, 0.2) is 0 Å². The number of furan rings is 1. The third kappa shape index (κ3) is 3.14. The molecule has 0 atom stereocenters. The van der Waals surface area contributed by atoms with Crippen molar-refractivity contribution >= 4 is 71.3 Å². The van der Waals surface area contributed by atoms with Crippen molar-refractivity contribution in [1.82, 2.24) is 0 Å². The van der Waals surface area contributed by atoms with Crippen LogP contribution in [0.25, 0.3) is 54.3 Å². The zero-order valence-corrected chi connectivity index (χ0v) is 20.6. The molecule has 0 saturated carbocycles. The van der Waals surface area contributed by atoms with Gasteiger partial charge in [-0.15, -0.1) is 0 Å². The summed E-state index contributed by atoms with van der Waals surface area (Å²) < 4.78 is 6.32. The molecule has 0 aliphatic heterocycles. The fraction of sp³-hybridized carbons (Fsp3) is 0. The van der Waals surface area contributed by atoms with Gasteiger partial charge in [0, 0.05) is 33.6 Å². The lowest BCUT2D eigenvalue weighted by Crippen LogP contribution is -2.10. The molecule has 2 heteroatoms. The lowest BCUT2D eigenvalue weighted by atomic mass is 9.94. The largest absolute Gasteiger partial charge is 0.456 e. The van der Waals surface area contributed by atoms with Gasteiger partial charge in [0.2, 0.25) is 0 Å². The van der Waals surface area contributed by atoms with Gasteiger partial charge in [0.25, 0.3) is 0 Å². The molecule has 7 aromatic carbocycles. The molecule has 0 fully saturated rings. The molecule has 8 aromatic rings. The maximum Gasteiger partial charge on any atom is 0.137 e. The lowest BCUT2D eigenvalue weighted by molar-refractivity contribution is 0.669. The van der Waals surface area contributed by atoms with E-state index in [4.69, 9.17) is 4.42 Å². The second kappa shape index (κ2) is 8.22. The van der Waals surface area contributed by atoms with Gasteiger partial charge < -0.3 is 9.32 Å². The van der Waals surface area contributed by atoms with Crippen LogP contribution in [0.4, 0.5) is 17.1 Å². The summed E-state index contributed by atoms with van der Waals surface area (Å²) in [6, 6.07) is 49.6. The van der Waals surface area contributed by atoms with E-state index in [9.17, 15) is 0 Å². The molecule has 0 spiro atoms. The van der Waals surface area contributed by atoms with E-state index in [2.05, 4.69) is 132 Å². The van der Waals surface area contributed by atoms with Crippen LogP contribution in [0, 0.1) is 0 Å². The van der Waals surface area contributed by atoms with Crippen molar-refractivity contribution in [2.75, 3.05) is 4.90 Å². The molecule has 0 amide bonds. The number of hydrogen-bond acceptors (Lipinski definition) is 2. The van der Waals surface area contributed by atoms with Crippen molar-refractivity contribution < 1.29 is 4.42 Å². The summed E-state index contributed by atoms with van der Waals surface area (Å²) in [4.78, 5) is 2.37. The molecule has 178 valence electrons. The molecule has 38 heavy (non-hydrogen) atoms. The minimum atomic E-state index is 0.889. The van der Waals surface area contributed by atoms with Gasteiger partial charge in [-0.25, -0.2) is 0 Å². The third-order valence-electron chi connectivity index (χ3n) is 7.60. The minimum Gasteiger partial charge on any atom is -0.456 e. The molecule has 1 aromatic heterocycles. The SMILES string of the molecule is c1ccc(N(c2ccc3c(c2)oc2ccccc23)c2cc3ccccc3c3ccc4ccccc4c23)cc1. The maximum atomic E-state index is 6.32. The smallest absolute Gasteiger partial charge is 0.137 e. The predicted molar refractivity (Wildman–Crippen MR) is 161 cm³/mol. The number of fused-ring (bicyclic) bond motifs is 8. The second-order valence-electron chi connectivity index (χ2n) is 9.78. The Morgan fingerprint density at radius 1 is 0.395 bits per heavy atom. The van der Waals surface area contributed by atoms with Crippen LogP contribution < -0.4 is 4.90 Å². The monoisotopic (exact) mass is 485 g/mol. The summed E-state index contributed by atoms with van der Waals surface area (Å²) in [7, 11) is 0. The Hall–Kier alpha value is -5.08. The summed E-state index contributed by atoms with van der Waals surface area (Å²) in [5, 5.41) is 9.73. The Morgan fingerprint density at radius 3 is 1.92 bits per heavy atom. The molecule has 0 unspecified atom stereocenters. The minimum absolute atomic E-state index is 0.889. The lowest BCUT2D eigenvalue weighted by Gasteiger charge is -2.28. The molecule has 0 aliphatic carbocycles. The molecular weight excluding hydrogens is 462 g/mol. The van der Waals surface area contributed by atoms with Crippen LogP contribution in [-0.4, -0.2) is 0 Å². The van der Waals surface area contributed by atoms with Gasteiger partial charge in [-0.2, -0.15) is 0 Å². The number of para-hydroxylation sites is 2. The van der Waals surface area contributed by atoms with Gasteiger partial charge in [0.05, 0.1) is 5.69 Å². The average Bonchev–Trinajstić information content (AvgIpc) is 3.35. The molecule has 0 N–H and O–H groups in total. The fourth-order valence-corrected chi connectivity index (χ4v) is 5.89. The first kappa shape index (κ1) is 21.0.